The average Bonchev–Trinajstić information content (AvgIpc) is 2.62. The minimum absolute atomic E-state index is 0.0411. The number of hydrogen-bond acceptors (Lipinski definition) is 4. The Morgan fingerprint density at radius 1 is 1.35 bits per heavy atom. The highest BCUT2D eigenvalue weighted by Crippen LogP contribution is 2.36. The zero-order valence-corrected chi connectivity index (χ0v) is 12.1. The summed E-state index contributed by atoms with van der Waals surface area (Å²) in [4.78, 5) is 12.8. The lowest BCUT2D eigenvalue weighted by molar-refractivity contribution is -0.384. The van der Waals surface area contributed by atoms with Crippen molar-refractivity contribution in [2.24, 2.45) is 0 Å². The van der Waals surface area contributed by atoms with Gasteiger partial charge in [0.25, 0.3) is 5.69 Å². The molecule has 2 atom stereocenters. The number of fused-ring (bicyclic) bond motifs is 2. The Morgan fingerprint density at radius 3 is 2.55 bits per heavy atom. The number of benzene rings is 1. The average molecular weight is 296 g/mol. The van der Waals surface area contributed by atoms with E-state index in [1.165, 1.54) is 18.9 Å². The molecule has 2 fully saturated rings. The van der Waals surface area contributed by atoms with Crippen LogP contribution in [0.5, 0.6) is 0 Å². The summed E-state index contributed by atoms with van der Waals surface area (Å²) in [7, 11) is 2.21. The van der Waals surface area contributed by atoms with Gasteiger partial charge in [-0.15, -0.1) is 0 Å². The summed E-state index contributed by atoms with van der Waals surface area (Å²) >= 11 is 5.95. The molecule has 1 N–H and O–H groups in total. The summed E-state index contributed by atoms with van der Waals surface area (Å²) in [6.07, 6.45) is 4.81. The molecule has 2 unspecified atom stereocenters. The Bertz CT molecular complexity index is 523. The topological polar surface area (TPSA) is 58.4 Å². The molecular weight excluding hydrogens is 278 g/mol. The van der Waals surface area contributed by atoms with E-state index in [9.17, 15) is 10.1 Å². The Kier molecular flexibility index (Phi) is 3.56. The van der Waals surface area contributed by atoms with Gasteiger partial charge in [0.05, 0.1) is 4.92 Å². The molecule has 2 aliphatic rings. The first kappa shape index (κ1) is 13.6. The van der Waals surface area contributed by atoms with Gasteiger partial charge >= 0.3 is 0 Å². The lowest BCUT2D eigenvalue weighted by Crippen LogP contribution is -2.44. The van der Waals surface area contributed by atoms with Crippen LogP contribution in [0, 0.1) is 10.1 Å². The SMILES string of the molecule is CN1C2CCC1CC(Nc1ccc([N+](=O)[O-])c(Cl)c1)C2. The number of nitrogens with zero attached hydrogens (tertiary/aromatic N) is 2. The van der Waals surface area contributed by atoms with E-state index in [-0.39, 0.29) is 10.7 Å². The highest BCUT2D eigenvalue weighted by molar-refractivity contribution is 6.32. The van der Waals surface area contributed by atoms with Crippen molar-refractivity contribution in [3.63, 3.8) is 0 Å². The number of nitro benzene ring substituents is 1. The first-order valence-corrected chi connectivity index (χ1v) is 7.35. The number of anilines is 1. The fourth-order valence-corrected chi connectivity index (χ4v) is 3.76. The number of halogens is 1. The number of hydrogen-bond donors (Lipinski definition) is 1. The van der Waals surface area contributed by atoms with Crippen LogP contribution in [0.4, 0.5) is 11.4 Å². The number of piperidine rings is 1. The predicted octanol–water partition coefficient (Wildman–Crippen LogP) is 3.29. The van der Waals surface area contributed by atoms with Gasteiger partial charge in [0, 0.05) is 29.9 Å². The summed E-state index contributed by atoms with van der Waals surface area (Å²) in [5.74, 6) is 0. The summed E-state index contributed by atoms with van der Waals surface area (Å²) < 4.78 is 0. The maximum atomic E-state index is 10.7. The molecule has 0 radical (unpaired) electrons. The lowest BCUT2D eigenvalue weighted by Gasteiger charge is -2.37. The molecule has 0 aromatic heterocycles. The largest absolute Gasteiger partial charge is 0.382 e. The van der Waals surface area contributed by atoms with Crippen LogP contribution in [0.15, 0.2) is 18.2 Å². The van der Waals surface area contributed by atoms with Gasteiger partial charge in [-0.25, -0.2) is 0 Å². The number of nitrogens with one attached hydrogen (secondary N) is 1. The van der Waals surface area contributed by atoms with Crippen molar-refractivity contribution >= 4 is 23.0 Å². The molecule has 2 saturated heterocycles. The van der Waals surface area contributed by atoms with Crippen molar-refractivity contribution < 1.29 is 4.92 Å². The Labute approximate surface area is 123 Å². The minimum atomic E-state index is -0.456. The first-order valence-electron chi connectivity index (χ1n) is 6.97. The molecular formula is C14H18ClN3O2. The van der Waals surface area contributed by atoms with Gasteiger partial charge in [-0.2, -0.15) is 0 Å². The van der Waals surface area contributed by atoms with E-state index in [0.29, 0.717) is 18.1 Å². The molecule has 2 aliphatic heterocycles. The minimum Gasteiger partial charge on any atom is -0.382 e. The molecule has 0 spiro atoms. The van der Waals surface area contributed by atoms with E-state index < -0.39 is 4.92 Å². The fourth-order valence-electron chi connectivity index (χ4n) is 3.51. The molecule has 1 aromatic rings. The molecule has 0 saturated carbocycles. The molecule has 5 nitrogen and oxygen atoms in total. The van der Waals surface area contributed by atoms with Crippen LogP contribution in [0.2, 0.25) is 5.02 Å². The molecule has 3 rings (SSSR count). The van der Waals surface area contributed by atoms with Gasteiger partial charge in [-0.05, 0) is 44.9 Å². The van der Waals surface area contributed by atoms with E-state index in [2.05, 4.69) is 17.3 Å². The maximum Gasteiger partial charge on any atom is 0.288 e. The lowest BCUT2D eigenvalue weighted by atomic mass is 9.98. The Morgan fingerprint density at radius 2 is 2.00 bits per heavy atom. The van der Waals surface area contributed by atoms with Crippen LogP contribution >= 0.6 is 11.6 Å². The normalized spacial score (nSPS) is 29.4. The molecule has 6 heteroatoms. The summed E-state index contributed by atoms with van der Waals surface area (Å²) in [6, 6.07) is 6.62. The molecule has 20 heavy (non-hydrogen) atoms. The highest BCUT2D eigenvalue weighted by Gasteiger charge is 2.38. The van der Waals surface area contributed by atoms with Crippen LogP contribution in [0.25, 0.3) is 0 Å². The Hall–Kier alpha value is -1.33. The summed E-state index contributed by atoms with van der Waals surface area (Å²) in [5.41, 5.74) is 0.829. The van der Waals surface area contributed by atoms with Crippen molar-refractivity contribution in [3.8, 4) is 0 Å². The van der Waals surface area contributed by atoms with Crippen LogP contribution in [-0.4, -0.2) is 35.0 Å². The molecule has 108 valence electrons. The second kappa shape index (κ2) is 5.22. The maximum absolute atomic E-state index is 10.7. The summed E-state index contributed by atoms with van der Waals surface area (Å²) in [6.45, 7) is 0. The smallest absolute Gasteiger partial charge is 0.288 e. The van der Waals surface area contributed by atoms with Crippen molar-refractivity contribution in [2.45, 2.75) is 43.8 Å². The molecule has 2 heterocycles. The van der Waals surface area contributed by atoms with Gasteiger partial charge in [0.15, 0.2) is 0 Å². The van der Waals surface area contributed by atoms with E-state index in [0.717, 1.165) is 18.5 Å². The monoisotopic (exact) mass is 295 g/mol. The van der Waals surface area contributed by atoms with Crippen molar-refractivity contribution in [1.29, 1.82) is 0 Å². The standard InChI is InChI=1S/C14H18ClN3O2/c1-17-11-3-4-12(17)7-10(6-11)16-9-2-5-14(18(19)20)13(15)8-9/h2,5,8,10-12,16H,3-4,6-7H2,1H3. The van der Waals surface area contributed by atoms with E-state index in [1.54, 1.807) is 12.1 Å². The summed E-state index contributed by atoms with van der Waals surface area (Å²) in [5, 5.41) is 14.4. The molecule has 0 aliphatic carbocycles. The van der Waals surface area contributed by atoms with Gasteiger partial charge in [-0.3, -0.25) is 10.1 Å². The Balaban J connectivity index is 1.70. The van der Waals surface area contributed by atoms with Gasteiger partial charge in [0.2, 0.25) is 0 Å². The van der Waals surface area contributed by atoms with Gasteiger partial charge in [-0.1, -0.05) is 11.6 Å². The van der Waals surface area contributed by atoms with E-state index in [1.807, 2.05) is 0 Å². The van der Waals surface area contributed by atoms with Crippen LogP contribution in [-0.2, 0) is 0 Å². The second-order valence-electron chi connectivity index (χ2n) is 5.79. The number of nitro groups is 1. The van der Waals surface area contributed by atoms with Crippen molar-refractivity contribution in [3.05, 3.63) is 33.3 Å². The molecule has 2 bridgehead atoms. The second-order valence-corrected chi connectivity index (χ2v) is 6.19. The van der Waals surface area contributed by atoms with E-state index in [4.69, 9.17) is 11.6 Å². The van der Waals surface area contributed by atoms with Crippen molar-refractivity contribution in [2.75, 3.05) is 12.4 Å². The third-order valence-electron chi connectivity index (χ3n) is 4.61. The van der Waals surface area contributed by atoms with Crippen molar-refractivity contribution in [1.82, 2.24) is 4.90 Å². The van der Waals surface area contributed by atoms with Crippen LogP contribution < -0.4 is 5.32 Å². The van der Waals surface area contributed by atoms with Crippen LogP contribution in [0.1, 0.15) is 25.7 Å². The van der Waals surface area contributed by atoms with Crippen LogP contribution in [0.3, 0.4) is 0 Å². The van der Waals surface area contributed by atoms with Gasteiger partial charge in [0.1, 0.15) is 5.02 Å². The molecule has 1 aromatic carbocycles. The predicted molar refractivity (Wildman–Crippen MR) is 79.3 cm³/mol. The third kappa shape index (κ3) is 2.47. The zero-order valence-electron chi connectivity index (χ0n) is 11.4. The number of rotatable bonds is 3. The quantitative estimate of drug-likeness (QED) is 0.687. The highest BCUT2D eigenvalue weighted by atomic mass is 35.5. The fraction of sp³-hybridized carbons (Fsp3) is 0.571. The third-order valence-corrected chi connectivity index (χ3v) is 4.92. The zero-order chi connectivity index (χ0) is 14.3. The first-order chi connectivity index (χ1) is 9.54. The van der Waals surface area contributed by atoms with Gasteiger partial charge < -0.3 is 10.2 Å². The van der Waals surface area contributed by atoms with E-state index >= 15 is 0 Å². The molecule has 0 amide bonds.